The highest BCUT2D eigenvalue weighted by Crippen LogP contribution is 2.20. The highest BCUT2D eigenvalue weighted by atomic mass is 16.7. The van der Waals surface area contributed by atoms with Gasteiger partial charge in [-0.1, -0.05) is 11.5 Å². The lowest BCUT2D eigenvalue weighted by Crippen LogP contribution is -2.23. The summed E-state index contributed by atoms with van der Waals surface area (Å²) in [5.41, 5.74) is 1.11. The van der Waals surface area contributed by atoms with Crippen molar-refractivity contribution in [1.29, 1.82) is 0 Å². The van der Waals surface area contributed by atoms with Crippen molar-refractivity contribution in [1.82, 2.24) is 0 Å². The second-order valence-electron chi connectivity index (χ2n) is 3.80. The maximum absolute atomic E-state index is 5.56. The summed E-state index contributed by atoms with van der Waals surface area (Å²) in [6, 6.07) is 0. The quantitative estimate of drug-likeness (QED) is 0.536. The van der Waals surface area contributed by atoms with Crippen molar-refractivity contribution in [2.24, 2.45) is 0 Å². The Hall–Kier alpha value is -0.275. The van der Waals surface area contributed by atoms with E-state index in [9.17, 15) is 0 Å². The molecule has 0 N–H and O–H groups in total. The van der Waals surface area contributed by atoms with Gasteiger partial charge < -0.3 is 9.31 Å². The zero-order valence-corrected chi connectivity index (χ0v) is 7.68. The third-order valence-electron chi connectivity index (χ3n) is 1.50. The summed E-state index contributed by atoms with van der Waals surface area (Å²) in [5.74, 6) is 1.99. The number of allylic oxidation sites excluding steroid dienone is 1. The summed E-state index contributed by atoms with van der Waals surface area (Å²) in [6.45, 7) is 8.83. The monoisotopic (exact) mass is 154 g/mol. The number of hydrogen-bond donors (Lipinski definition) is 0. The van der Waals surface area contributed by atoms with Gasteiger partial charge in [0, 0.05) is 0 Å². The van der Waals surface area contributed by atoms with Crippen molar-refractivity contribution in [3.05, 3.63) is 11.5 Å². The Morgan fingerprint density at radius 3 is 2.45 bits per heavy atom. The molecule has 0 atom stereocenters. The second kappa shape index (κ2) is 2.99. The van der Waals surface area contributed by atoms with E-state index in [1.807, 2.05) is 33.7 Å². The lowest BCUT2D eigenvalue weighted by molar-refractivity contribution is 0.137. The molecule has 0 aromatic heterocycles. The fraction of sp³-hybridized carbons (Fsp3) is 0.750. The van der Waals surface area contributed by atoms with E-state index in [2.05, 4.69) is 0 Å². The molecule has 2 nitrogen and oxygen atoms in total. The van der Waals surface area contributed by atoms with Gasteiger partial charge >= 0.3 is 7.12 Å². The van der Waals surface area contributed by atoms with E-state index in [1.54, 1.807) is 0 Å². The Kier molecular flexibility index (Phi) is 2.40. The van der Waals surface area contributed by atoms with E-state index in [-0.39, 0.29) is 12.7 Å². The maximum atomic E-state index is 5.56. The van der Waals surface area contributed by atoms with Crippen LogP contribution in [0.25, 0.3) is 0 Å². The van der Waals surface area contributed by atoms with E-state index in [4.69, 9.17) is 9.31 Å². The standard InChI is InChI=1S/C8H15BO2/c1-7(2)5-9-10-6-8(3,4)11-9/h5H,6H2,1-4H3. The topological polar surface area (TPSA) is 18.5 Å². The molecule has 1 aliphatic rings. The van der Waals surface area contributed by atoms with Gasteiger partial charge in [0.15, 0.2) is 0 Å². The van der Waals surface area contributed by atoms with Gasteiger partial charge in [-0.15, -0.1) is 0 Å². The Labute approximate surface area is 68.7 Å². The molecule has 0 unspecified atom stereocenters. The zero-order chi connectivity index (χ0) is 8.48. The molecular formula is C8H15BO2. The van der Waals surface area contributed by atoms with Crippen molar-refractivity contribution in [3.63, 3.8) is 0 Å². The molecule has 0 saturated carbocycles. The largest absolute Gasteiger partial charge is 0.486 e. The Bertz CT molecular complexity index is 171. The van der Waals surface area contributed by atoms with Crippen LogP contribution >= 0.6 is 0 Å². The molecule has 1 aliphatic heterocycles. The first kappa shape index (κ1) is 8.82. The van der Waals surface area contributed by atoms with E-state index in [1.165, 1.54) is 5.57 Å². The maximum Gasteiger partial charge on any atom is 0.486 e. The Morgan fingerprint density at radius 1 is 1.45 bits per heavy atom. The van der Waals surface area contributed by atoms with Gasteiger partial charge in [0.05, 0.1) is 12.2 Å². The van der Waals surface area contributed by atoms with Crippen LogP contribution in [0.1, 0.15) is 27.7 Å². The van der Waals surface area contributed by atoms with Crippen LogP contribution in [0.2, 0.25) is 0 Å². The van der Waals surface area contributed by atoms with E-state index in [0.29, 0.717) is 6.61 Å². The molecule has 0 aliphatic carbocycles. The van der Waals surface area contributed by atoms with Crippen LogP contribution in [0.4, 0.5) is 0 Å². The Balaban J connectivity index is 2.49. The Morgan fingerprint density at radius 2 is 2.09 bits per heavy atom. The molecule has 0 radical (unpaired) electrons. The molecular weight excluding hydrogens is 139 g/mol. The lowest BCUT2D eigenvalue weighted by atomic mass is 9.88. The minimum absolute atomic E-state index is 0.114. The first-order valence-electron chi connectivity index (χ1n) is 3.94. The second-order valence-corrected chi connectivity index (χ2v) is 3.80. The SMILES string of the molecule is CC(C)=CB1OCC(C)(C)O1. The van der Waals surface area contributed by atoms with Crippen LogP contribution in [0.15, 0.2) is 11.5 Å². The molecule has 11 heavy (non-hydrogen) atoms. The molecule has 1 rings (SSSR count). The van der Waals surface area contributed by atoms with Crippen molar-refractivity contribution in [2.45, 2.75) is 33.3 Å². The first-order valence-corrected chi connectivity index (χ1v) is 3.94. The third kappa shape index (κ3) is 2.68. The molecule has 0 bridgehead atoms. The number of hydrogen-bond acceptors (Lipinski definition) is 2. The van der Waals surface area contributed by atoms with Crippen molar-refractivity contribution in [2.75, 3.05) is 6.61 Å². The summed E-state index contributed by atoms with van der Waals surface area (Å²) in [5, 5.41) is 0. The van der Waals surface area contributed by atoms with Crippen molar-refractivity contribution >= 4 is 7.12 Å². The van der Waals surface area contributed by atoms with Gasteiger partial charge in [0.1, 0.15) is 0 Å². The summed E-state index contributed by atoms with van der Waals surface area (Å²) < 4.78 is 10.9. The predicted molar refractivity (Wildman–Crippen MR) is 46.3 cm³/mol. The molecule has 0 spiro atoms. The zero-order valence-electron chi connectivity index (χ0n) is 7.68. The molecule has 0 aromatic carbocycles. The molecule has 1 saturated heterocycles. The third-order valence-corrected chi connectivity index (χ3v) is 1.50. The van der Waals surface area contributed by atoms with Crippen molar-refractivity contribution in [3.8, 4) is 0 Å². The molecule has 1 fully saturated rings. The highest BCUT2D eigenvalue weighted by molar-refractivity contribution is 6.51. The van der Waals surface area contributed by atoms with Gasteiger partial charge in [0.2, 0.25) is 0 Å². The summed E-state index contributed by atoms with van der Waals surface area (Å²) in [7, 11) is -0.130. The number of rotatable bonds is 1. The molecule has 3 heteroatoms. The predicted octanol–water partition coefficient (Wildman–Crippen LogP) is 1.81. The van der Waals surface area contributed by atoms with Crippen LogP contribution in [-0.2, 0) is 9.31 Å². The highest BCUT2D eigenvalue weighted by Gasteiger charge is 2.34. The summed E-state index contributed by atoms with van der Waals surface area (Å²) in [6.07, 6.45) is 0. The fourth-order valence-electron chi connectivity index (χ4n) is 1.02. The fourth-order valence-corrected chi connectivity index (χ4v) is 1.02. The first-order chi connectivity index (χ1) is 4.99. The average Bonchev–Trinajstić information content (AvgIpc) is 2.08. The summed E-state index contributed by atoms with van der Waals surface area (Å²) >= 11 is 0. The van der Waals surface area contributed by atoms with Gasteiger partial charge in [-0.2, -0.15) is 0 Å². The van der Waals surface area contributed by atoms with Crippen LogP contribution in [0.5, 0.6) is 0 Å². The molecule has 62 valence electrons. The minimum Gasteiger partial charge on any atom is -0.405 e. The lowest BCUT2D eigenvalue weighted by Gasteiger charge is -2.14. The van der Waals surface area contributed by atoms with Crippen molar-refractivity contribution < 1.29 is 9.31 Å². The summed E-state index contributed by atoms with van der Waals surface area (Å²) in [4.78, 5) is 0. The van der Waals surface area contributed by atoms with Gasteiger partial charge in [0.25, 0.3) is 0 Å². The van der Waals surface area contributed by atoms with Gasteiger partial charge in [-0.3, -0.25) is 0 Å². The molecule has 0 amide bonds. The van der Waals surface area contributed by atoms with Gasteiger partial charge in [-0.05, 0) is 27.7 Å². The van der Waals surface area contributed by atoms with E-state index in [0.717, 1.165) is 0 Å². The van der Waals surface area contributed by atoms with Crippen LogP contribution in [0.3, 0.4) is 0 Å². The normalized spacial score (nSPS) is 22.0. The molecule has 1 heterocycles. The minimum atomic E-state index is -0.130. The van der Waals surface area contributed by atoms with Gasteiger partial charge in [-0.25, -0.2) is 0 Å². The smallest absolute Gasteiger partial charge is 0.405 e. The van der Waals surface area contributed by atoms with E-state index >= 15 is 0 Å². The molecule has 0 aromatic rings. The van der Waals surface area contributed by atoms with E-state index < -0.39 is 0 Å². The van der Waals surface area contributed by atoms with Crippen LogP contribution in [0, 0.1) is 0 Å². The van der Waals surface area contributed by atoms with Crippen LogP contribution < -0.4 is 0 Å². The van der Waals surface area contributed by atoms with Crippen LogP contribution in [-0.4, -0.2) is 19.3 Å². The average molecular weight is 154 g/mol.